The van der Waals surface area contributed by atoms with Gasteiger partial charge in [-0.3, -0.25) is 4.79 Å². The summed E-state index contributed by atoms with van der Waals surface area (Å²) in [7, 11) is 3.52. The Labute approximate surface area is 180 Å². The zero-order chi connectivity index (χ0) is 18.8. The first-order chi connectivity index (χ1) is 12.6. The predicted octanol–water partition coefficient (Wildman–Crippen LogP) is 3.16. The fourth-order valence-corrected chi connectivity index (χ4v) is 3.01. The lowest BCUT2D eigenvalue weighted by Gasteiger charge is -2.25. The number of nitrogens with zero attached hydrogens (tertiary/aromatic N) is 2. The molecule has 7 heteroatoms. The first kappa shape index (κ1) is 23.5. The van der Waals surface area contributed by atoms with Crippen LogP contribution in [0.15, 0.2) is 29.3 Å². The molecule has 2 rings (SSSR count). The van der Waals surface area contributed by atoms with Crippen LogP contribution in [0.1, 0.15) is 44.6 Å². The molecule has 27 heavy (non-hydrogen) atoms. The number of benzene rings is 1. The van der Waals surface area contributed by atoms with E-state index >= 15 is 0 Å². The number of likely N-dealkylation sites (N-methyl/N-ethyl adjacent to an activating group) is 1. The summed E-state index contributed by atoms with van der Waals surface area (Å²) in [6.45, 7) is 3.35. The second-order valence-corrected chi connectivity index (χ2v) is 6.83. The Morgan fingerprint density at radius 2 is 1.93 bits per heavy atom. The molecule has 0 spiro atoms. The standard InChI is InChI=1S/C20H32N4O2.HI/c1-4-26-18-13-9-8-10-16(18)14-21-20(22-15-19(25)24(2)3)23-17-11-6-5-7-12-17;/h8-10,13,17H,4-7,11-12,14-15H2,1-3H3,(H2,21,22,23);1H. The lowest BCUT2D eigenvalue weighted by atomic mass is 9.96. The molecule has 1 amide bonds. The highest BCUT2D eigenvalue weighted by atomic mass is 127. The van der Waals surface area contributed by atoms with Gasteiger partial charge in [-0.05, 0) is 25.8 Å². The number of ether oxygens (including phenoxy) is 1. The molecule has 0 aliphatic heterocycles. The molecule has 1 saturated carbocycles. The molecule has 1 aliphatic rings. The van der Waals surface area contributed by atoms with Gasteiger partial charge in [-0.25, -0.2) is 4.99 Å². The highest BCUT2D eigenvalue weighted by molar-refractivity contribution is 14.0. The van der Waals surface area contributed by atoms with Crippen LogP contribution in [0.5, 0.6) is 5.75 Å². The maximum absolute atomic E-state index is 11.9. The molecule has 0 saturated heterocycles. The highest BCUT2D eigenvalue weighted by Gasteiger charge is 2.15. The van der Waals surface area contributed by atoms with Gasteiger partial charge in [0, 0.05) is 25.7 Å². The van der Waals surface area contributed by atoms with Crippen molar-refractivity contribution < 1.29 is 9.53 Å². The van der Waals surface area contributed by atoms with E-state index in [1.54, 1.807) is 19.0 Å². The van der Waals surface area contributed by atoms with Crippen molar-refractivity contribution >= 4 is 35.8 Å². The Hall–Kier alpha value is -1.51. The van der Waals surface area contributed by atoms with Crippen molar-refractivity contribution in [3.8, 4) is 5.75 Å². The van der Waals surface area contributed by atoms with Crippen LogP contribution in [0.3, 0.4) is 0 Å². The predicted molar refractivity (Wildman–Crippen MR) is 121 cm³/mol. The lowest BCUT2D eigenvalue weighted by Crippen LogP contribution is -2.47. The molecular formula is C20H33IN4O2. The van der Waals surface area contributed by atoms with Gasteiger partial charge in [0.1, 0.15) is 5.75 Å². The van der Waals surface area contributed by atoms with Crippen molar-refractivity contribution in [3.63, 3.8) is 0 Å². The molecule has 0 unspecified atom stereocenters. The molecule has 6 nitrogen and oxygen atoms in total. The highest BCUT2D eigenvalue weighted by Crippen LogP contribution is 2.19. The number of guanidine groups is 1. The average Bonchev–Trinajstić information content (AvgIpc) is 2.65. The summed E-state index contributed by atoms with van der Waals surface area (Å²) in [5.41, 5.74) is 1.04. The Bertz CT molecular complexity index is 601. The number of amides is 1. The molecule has 1 fully saturated rings. The van der Waals surface area contributed by atoms with E-state index in [0.717, 1.165) is 24.2 Å². The molecule has 0 heterocycles. The summed E-state index contributed by atoms with van der Waals surface area (Å²) in [6, 6.07) is 8.37. The number of carbonyl (C=O) groups excluding carboxylic acids is 1. The largest absolute Gasteiger partial charge is 0.494 e. The minimum absolute atomic E-state index is 0. The first-order valence-electron chi connectivity index (χ1n) is 9.56. The Balaban J connectivity index is 0.00000364. The molecular weight excluding hydrogens is 455 g/mol. The zero-order valence-electron chi connectivity index (χ0n) is 16.7. The fraction of sp³-hybridized carbons (Fsp3) is 0.600. The monoisotopic (exact) mass is 488 g/mol. The maximum atomic E-state index is 11.9. The molecule has 0 bridgehead atoms. The molecule has 1 aliphatic carbocycles. The van der Waals surface area contributed by atoms with Gasteiger partial charge in [-0.1, -0.05) is 37.5 Å². The van der Waals surface area contributed by atoms with Crippen molar-refractivity contribution in [1.82, 2.24) is 15.5 Å². The summed E-state index contributed by atoms with van der Waals surface area (Å²) >= 11 is 0. The number of aliphatic imine (C=N–C) groups is 1. The van der Waals surface area contributed by atoms with Gasteiger partial charge in [0.2, 0.25) is 5.91 Å². The molecule has 2 N–H and O–H groups in total. The van der Waals surface area contributed by atoms with Crippen molar-refractivity contribution in [2.24, 2.45) is 4.99 Å². The SMILES string of the molecule is CCOc1ccccc1CN=C(NCC(=O)N(C)C)NC1CCCCC1.I. The van der Waals surface area contributed by atoms with Crippen molar-refractivity contribution in [2.75, 3.05) is 27.2 Å². The number of rotatable bonds is 7. The third-order valence-electron chi connectivity index (χ3n) is 4.53. The third-order valence-corrected chi connectivity index (χ3v) is 4.53. The summed E-state index contributed by atoms with van der Waals surface area (Å²) < 4.78 is 5.68. The van der Waals surface area contributed by atoms with Crippen molar-refractivity contribution in [2.45, 2.75) is 51.6 Å². The number of halogens is 1. The van der Waals surface area contributed by atoms with Gasteiger partial charge < -0.3 is 20.3 Å². The van der Waals surface area contributed by atoms with E-state index in [4.69, 9.17) is 9.73 Å². The van der Waals surface area contributed by atoms with E-state index in [-0.39, 0.29) is 36.4 Å². The normalized spacial score (nSPS) is 14.9. The molecule has 152 valence electrons. The van der Waals surface area contributed by atoms with Crippen LogP contribution in [-0.4, -0.2) is 50.1 Å². The second-order valence-electron chi connectivity index (χ2n) is 6.83. The molecule has 0 aromatic heterocycles. The van der Waals surface area contributed by atoms with Crippen LogP contribution in [0.2, 0.25) is 0 Å². The van der Waals surface area contributed by atoms with Crippen LogP contribution in [-0.2, 0) is 11.3 Å². The van der Waals surface area contributed by atoms with Crippen LogP contribution >= 0.6 is 24.0 Å². The van der Waals surface area contributed by atoms with E-state index in [0.29, 0.717) is 25.2 Å². The Morgan fingerprint density at radius 1 is 1.22 bits per heavy atom. The van der Waals surface area contributed by atoms with Crippen LogP contribution in [0.25, 0.3) is 0 Å². The van der Waals surface area contributed by atoms with Crippen molar-refractivity contribution in [3.05, 3.63) is 29.8 Å². The number of nitrogens with one attached hydrogen (secondary N) is 2. The molecule has 0 radical (unpaired) electrons. The lowest BCUT2D eigenvalue weighted by molar-refractivity contribution is -0.127. The van der Waals surface area contributed by atoms with Gasteiger partial charge in [0.05, 0.1) is 19.7 Å². The van der Waals surface area contributed by atoms with Crippen LogP contribution in [0, 0.1) is 0 Å². The Kier molecular flexibility index (Phi) is 11.2. The van der Waals surface area contributed by atoms with Crippen LogP contribution < -0.4 is 15.4 Å². The summed E-state index contributed by atoms with van der Waals surface area (Å²) in [5, 5.41) is 6.68. The van der Waals surface area contributed by atoms with Crippen LogP contribution in [0.4, 0.5) is 0 Å². The molecule has 1 aromatic rings. The Morgan fingerprint density at radius 3 is 2.59 bits per heavy atom. The topological polar surface area (TPSA) is 66.0 Å². The van der Waals surface area contributed by atoms with E-state index in [9.17, 15) is 4.79 Å². The van der Waals surface area contributed by atoms with E-state index in [2.05, 4.69) is 10.6 Å². The van der Waals surface area contributed by atoms with Crippen molar-refractivity contribution in [1.29, 1.82) is 0 Å². The number of hydrogen-bond acceptors (Lipinski definition) is 3. The summed E-state index contributed by atoms with van der Waals surface area (Å²) in [4.78, 5) is 18.2. The van der Waals surface area contributed by atoms with Gasteiger partial charge in [0.15, 0.2) is 5.96 Å². The van der Waals surface area contributed by atoms with E-state index in [1.807, 2.05) is 31.2 Å². The fourth-order valence-electron chi connectivity index (χ4n) is 3.01. The summed E-state index contributed by atoms with van der Waals surface area (Å²) in [6.07, 6.45) is 6.10. The van der Waals surface area contributed by atoms with Gasteiger partial charge in [-0.2, -0.15) is 0 Å². The molecule has 1 aromatic carbocycles. The summed E-state index contributed by atoms with van der Waals surface area (Å²) in [5.74, 6) is 1.58. The van der Waals surface area contributed by atoms with Gasteiger partial charge in [-0.15, -0.1) is 24.0 Å². The van der Waals surface area contributed by atoms with Gasteiger partial charge >= 0.3 is 0 Å². The van der Waals surface area contributed by atoms with E-state index < -0.39 is 0 Å². The smallest absolute Gasteiger partial charge is 0.241 e. The average molecular weight is 488 g/mol. The number of carbonyl (C=O) groups is 1. The number of para-hydroxylation sites is 1. The van der Waals surface area contributed by atoms with E-state index in [1.165, 1.54) is 19.3 Å². The minimum atomic E-state index is 0. The van der Waals surface area contributed by atoms with Gasteiger partial charge in [0.25, 0.3) is 0 Å². The number of hydrogen-bond donors (Lipinski definition) is 2. The maximum Gasteiger partial charge on any atom is 0.241 e. The second kappa shape index (κ2) is 12.8. The third kappa shape index (κ3) is 8.36. The zero-order valence-corrected chi connectivity index (χ0v) is 19.0. The first-order valence-corrected chi connectivity index (χ1v) is 9.56. The minimum Gasteiger partial charge on any atom is -0.494 e. The molecule has 0 atom stereocenters. The quantitative estimate of drug-likeness (QED) is 0.352.